The van der Waals surface area contributed by atoms with Crippen molar-refractivity contribution in [1.29, 1.82) is 0 Å². The summed E-state index contributed by atoms with van der Waals surface area (Å²) in [6.07, 6.45) is 6.33. The van der Waals surface area contributed by atoms with Gasteiger partial charge in [0.05, 0.1) is 0 Å². The molecule has 3 atom stereocenters. The zero-order chi connectivity index (χ0) is 22.5. The molecule has 0 aliphatic heterocycles. The highest BCUT2D eigenvalue weighted by molar-refractivity contribution is 7.13. The summed E-state index contributed by atoms with van der Waals surface area (Å²) < 4.78 is 0. The Morgan fingerprint density at radius 3 is 2.37 bits per heavy atom. The van der Waals surface area contributed by atoms with E-state index in [0.29, 0.717) is 11.6 Å². The summed E-state index contributed by atoms with van der Waals surface area (Å²) in [6.45, 7) is 9.42. The molecule has 2 rings (SSSR count). The molecule has 168 valence electrons. The largest absolute Gasteiger partial charge is 0.480 e. The van der Waals surface area contributed by atoms with Crippen molar-refractivity contribution in [3.63, 3.8) is 0 Å². The van der Waals surface area contributed by atoms with E-state index in [1.807, 2.05) is 34.6 Å². The lowest BCUT2D eigenvalue weighted by Crippen LogP contribution is -2.60. The number of carboxylic acid groups (broad SMARTS) is 1. The molecule has 1 heterocycles. The van der Waals surface area contributed by atoms with Crippen LogP contribution in [0, 0.1) is 22.7 Å². The second kappa shape index (κ2) is 9.90. The van der Waals surface area contributed by atoms with E-state index in [9.17, 15) is 19.5 Å². The molecule has 8 heteroatoms. The number of nitrogens with one attached hydrogen (secondary N) is 2. The van der Waals surface area contributed by atoms with Gasteiger partial charge < -0.3 is 15.7 Å². The number of amides is 2. The van der Waals surface area contributed by atoms with Crippen molar-refractivity contribution in [2.24, 2.45) is 22.7 Å². The van der Waals surface area contributed by atoms with E-state index in [1.165, 1.54) is 11.3 Å². The van der Waals surface area contributed by atoms with Crippen molar-refractivity contribution in [3.8, 4) is 0 Å². The van der Waals surface area contributed by atoms with E-state index in [0.717, 1.165) is 32.1 Å². The lowest BCUT2D eigenvalue weighted by molar-refractivity contribution is -0.166. The molecule has 1 aromatic heterocycles. The second-order valence-electron chi connectivity index (χ2n) is 9.44. The molecule has 1 aromatic rings. The molecule has 0 bridgehead atoms. The number of carboxylic acids is 1. The molecule has 0 radical (unpaired) electrons. The number of carbonyl (C=O) groups is 3. The maximum absolute atomic E-state index is 13.7. The van der Waals surface area contributed by atoms with Crippen LogP contribution in [0.2, 0.25) is 0 Å². The van der Waals surface area contributed by atoms with Crippen LogP contribution in [0.4, 0.5) is 5.13 Å². The highest BCUT2D eigenvalue weighted by atomic mass is 32.1. The SMILES string of the molecule is CCC[C@@H](C)[C@@](C(=O)O)(C(=O)NC(C(=O)Nc1nccs1)C(C)(C)C)C1CCCC1. The zero-order valence-electron chi connectivity index (χ0n) is 18.7. The van der Waals surface area contributed by atoms with Crippen LogP contribution in [-0.4, -0.2) is 33.9 Å². The van der Waals surface area contributed by atoms with E-state index in [2.05, 4.69) is 15.6 Å². The van der Waals surface area contributed by atoms with Gasteiger partial charge in [0.2, 0.25) is 11.8 Å². The number of hydrogen-bond acceptors (Lipinski definition) is 5. The van der Waals surface area contributed by atoms with Crippen LogP contribution in [0.5, 0.6) is 0 Å². The minimum Gasteiger partial charge on any atom is -0.480 e. The fourth-order valence-corrected chi connectivity index (χ4v) is 5.26. The van der Waals surface area contributed by atoms with Gasteiger partial charge in [-0.3, -0.25) is 14.4 Å². The number of aromatic nitrogens is 1. The number of carbonyl (C=O) groups excluding carboxylic acids is 2. The zero-order valence-corrected chi connectivity index (χ0v) is 19.5. The number of rotatable bonds is 9. The van der Waals surface area contributed by atoms with Gasteiger partial charge >= 0.3 is 5.97 Å². The van der Waals surface area contributed by atoms with Gasteiger partial charge in [0.25, 0.3) is 0 Å². The van der Waals surface area contributed by atoms with Gasteiger partial charge in [0.1, 0.15) is 6.04 Å². The Kier molecular flexibility index (Phi) is 8.02. The van der Waals surface area contributed by atoms with Gasteiger partial charge in [-0.2, -0.15) is 0 Å². The van der Waals surface area contributed by atoms with Crippen LogP contribution in [0.3, 0.4) is 0 Å². The number of thiazole rings is 1. The van der Waals surface area contributed by atoms with Gasteiger partial charge in [-0.05, 0) is 36.5 Å². The standard InChI is InChI=1S/C22H35N3O4S/c1-6-9-14(2)22(19(28)29,15-10-7-8-11-15)18(27)24-16(21(3,4)5)17(26)25-20-23-12-13-30-20/h12-16H,6-11H2,1-5H3,(H,24,27)(H,28,29)(H,23,25,26)/t14-,16?,22+/m1/s1. The molecule has 1 unspecified atom stereocenters. The highest BCUT2D eigenvalue weighted by Gasteiger charge is 2.57. The molecule has 7 nitrogen and oxygen atoms in total. The minimum absolute atomic E-state index is 0.223. The van der Waals surface area contributed by atoms with Crippen LogP contribution < -0.4 is 10.6 Å². The van der Waals surface area contributed by atoms with Gasteiger partial charge in [-0.25, -0.2) is 4.98 Å². The smallest absolute Gasteiger partial charge is 0.319 e. The summed E-state index contributed by atoms with van der Waals surface area (Å²) in [5.41, 5.74) is -2.14. The van der Waals surface area contributed by atoms with Crippen LogP contribution in [0.15, 0.2) is 11.6 Å². The molecule has 1 saturated carbocycles. The summed E-state index contributed by atoms with van der Waals surface area (Å²) >= 11 is 1.29. The number of aliphatic carboxylic acids is 1. The Bertz CT molecular complexity index is 738. The molecule has 0 aromatic carbocycles. The lowest BCUT2D eigenvalue weighted by Gasteiger charge is -2.41. The Morgan fingerprint density at radius 2 is 1.90 bits per heavy atom. The van der Waals surface area contributed by atoms with Crippen molar-refractivity contribution in [3.05, 3.63) is 11.6 Å². The van der Waals surface area contributed by atoms with Gasteiger partial charge in [0.15, 0.2) is 10.5 Å². The number of hydrogen-bond donors (Lipinski definition) is 3. The molecular weight excluding hydrogens is 402 g/mol. The first-order valence-electron chi connectivity index (χ1n) is 10.8. The quantitative estimate of drug-likeness (QED) is 0.499. The number of anilines is 1. The van der Waals surface area contributed by atoms with E-state index >= 15 is 0 Å². The molecule has 2 amide bonds. The summed E-state index contributed by atoms with van der Waals surface area (Å²) in [4.78, 5) is 43.4. The third-order valence-electron chi connectivity index (χ3n) is 6.29. The molecule has 0 saturated heterocycles. The molecular formula is C22H35N3O4S. The average Bonchev–Trinajstić information content (AvgIpc) is 3.33. The minimum atomic E-state index is -1.53. The van der Waals surface area contributed by atoms with Gasteiger partial charge in [0, 0.05) is 11.6 Å². The summed E-state index contributed by atoms with van der Waals surface area (Å²) in [7, 11) is 0. The maximum atomic E-state index is 13.7. The van der Waals surface area contributed by atoms with Crippen molar-refractivity contribution in [1.82, 2.24) is 10.3 Å². The Morgan fingerprint density at radius 1 is 1.27 bits per heavy atom. The van der Waals surface area contributed by atoms with E-state index in [-0.39, 0.29) is 17.7 Å². The summed E-state index contributed by atoms with van der Waals surface area (Å²) in [6, 6.07) is -0.886. The number of nitrogens with zero attached hydrogens (tertiary/aromatic N) is 1. The highest BCUT2D eigenvalue weighted by Crippen LogP contribution is 2.47. The first-order valence-corrected chi connectivity index (χ1v) is 11.7. The summed E-state index contributed by atoms with van der Waals surface area (Å²) in [5, 5.41) is 18.1. The van der Waals surface area contributed by atoms with Crippen molar-refractivity contribution >= 4 is 34.3 Å². The average molecular weight is 438 g/mol. The van der Waals surface area contributed by atoms with E-state index in [4.69, 9.17) is 0 Å². The molecule has 1 fully saturated rings. The Hall–Kier alpha value is -1.96. The molecule has 30 heavy (non-hydrogen) atoms. The Balaban J connectivity index is 2.38. The van der Waals surface area contributed by atoms with Crippen LogP contribution in [0.1, 0.15) is 73.1 Å². The molecule has 1 aliphatic carbocycles. The lowest BCUT2D eigenvalue weighted by atomic mass is 9.64. The normalized spacial score (nSPS) is 19.0. The van der Waals surface area contributed by atoms with Crippen LogP contribution >= 0.6 is 11.3 Å². The first-order chi connectivity index (χ1) is 14.0. The summed E-state index contributed by atoms with van der Waals surface area (Å²) in [5.74, 6) is -2.57. The van der Waals surface area contributed by atoms with Crippen molar-refractivity contribution in [2.75, 3.05) is 5.32 Å². The van der Waals surface area contributed by atoms with Crippen molar-refractivity contribution in [2.45, 2.75) is 79.2 Å². The predicted molar refractivity (Wildman–Crippen MR) is 118 cm³/mol. The fraction of sp³-hybridized carbons (Fsp3) is 0.727. The first kappa shape index (κ1) is 24.3. The van der Waals surface area contributed by atoms with Gasteiger partial charge in [-0.1, -0.05) is 53.9 Å². The maximum Gasteiger partial charge on any atom is 0.319 e. The third kappa shape index (κ3) is 5.02. The topological polar surface area (TPSA) is 108 Å². The second-order valence-corrected chi connectivity index (χ2v) is 10.3. The van der Waals surface area contributed by atoms with Crippen molar-refractivity contribution < 1.29 is 19.5 Å². The molecule has 1 aliphatic rings. The third-order valence-corrected chi connectivity index (χ3v) is 6.98. The fourth-order valence-electron chi connectivity index (χ4n) is 4.72. The molecule has 0 spiro atoms. The van der Waals surface area contributed by atoms with E-state index < -0.39 is 28.7 Å². The monoisotopic (exact) mass is 437 g/mol. The molecule has 3 N–H and O–H groups in total. The van der Waals surface area contributed by atoms with Gasteiger partial charge in [-0.15, -0.1) is 11.3 Å². The predicted octanol–water partition coefficient (Wildman–Crippen LogP) is 4.31. The van der Waals surface area contributed by atoms with Crippen LogP contribution in [-0.2, 0) is 14.4 Å². The van der Waals surface area contributed by atoms with Crippen LogP contribution in [0.25, 0.3) is 0 Å². The van der Waals surface area contributed by atoms with E-state index in [1.54, 1.807) is 11.6 Å². The Labute approximate surface area is 183 Å².